The largest absolute Gasteiger partial charge is 0.398 e. The van der Waals surface area contributed by atoms with Gasteiger partial charge >= 0.3 is 0 Å². The molecule has 0 bridgehead atoms. The quantitative estimate of drug-likeness (QED) is 0.224. The lowest BCUT2D eigenvalue weighted by molar-refractivity contribution is 0.00771. The Balaban J connectivity index is 3.64. The standard InChI is InChI=1S/C16H40O6Si3/c1-24(2,3)21-16(22-25(4,5)6)23-15-7-9-18-11-13-20-14-12-19-10-8-17/h16-17H,7-15,23H2,1-6H3. The summed E-state index contributed by atoms with van der Waals surface area (Å²) in [5, 5.41) is 8.56. The summed E-state index contributed by atoms with van der Waals surface area (Å²) in [7, 11) is -3.54. The van der Waals surface area contributed by atoms with Crippen LogP contribution in [0.2, 0.25) is 45.3 Å². The van der Waals surface area contributed by atoms with Crippen LogP contribution in [0.25, 0.3) is 0 Å². The molecule has 0 saturated heterocycles. The van der Waals surface area contributed by atoms with Crippen molar-refractivity contribution < 1.29 is 28.2 Å². The summed E-state index contributed by atoms with van der Waals surface area (Å²) in [6, 6.07) is 1.18. The minimum Gasteiger partial charge on any atom is -0.398 e. The molecule has 0 rings (SSSR count). The first kappa shape index (κ1) is 25.4. The average molecular weight is 413 g/mol. The second-order valence-electron chi connectivity index (χ2n) is 7.95. The molecular formula is C16H40O6Si3. The molecule has 0 unspecified atom stereocenters. The van der Waals surface area contributed by atoms with Crippen LogP contribution >= 0.6 is 0 Å². The summed E-state index contributed by atoms with van der Waals surface area (Å²) < 4.78 is 28.6. The molecule has 0 amide bonds. The van der Waals surface area contributed by atoms with Crippen LogP contribution in [0.1, 0.15) is 6.42 Å². The minimum atomic E-state index is -1.56. The van der Waals surface area contributed by atoms with Gasteiger partial charge in [-0.25, -0.2) is 0 Å². The first-order chi connectivity index (χ1) is 11.6. The third-order valence-electron chi connectivity index (χ3n) is 2.93. The van der Waals surface area contributed by atoms with Gasteiger partial charge in [0.05, 0.1) is 49.2 Å². The maximum Gasteiger partial charge on any atom is 0.186 e. The highest BCUT2D eigenvalue weighted by atomic mass is 28.4. The lowest BCUT2D eigenvalue weighted by atomic mass is 10.5. The van der Waals surface area contributed by atoms with Crippen molar-refractivity contribution in [1.29, 1.82) is 0 Å². The second kappa shape index (κ2) is 14.5. The van der Waals surface area contributed by atoms with Gasteiger partial charge in [-0.1, -0.05) is 6.04 Å². The van der Waals surface area contributed by atoms with Gasteiger partial charge in [0, 0.05) is 6.61 Å². The van der Waals surface area contributed by atoms with Crippen LogP contribution in [0, 0.1) is 0 Å². The SMILES string of the molecule is C[Si](C)(C)OC(O[Si](C)(C)C)[SiH2]CCCOCCOCCOCCO. The lowest BCUT2D eigenvalue weighted by Crippen LogP contribution is -2.43. The van der Waals surface area contributed by atoms with E-state index >= 15 is 0 Å². The highest BCUT2D eigenvalue weighted by Crippen LogP contribution is 2.14. The van der Waals surface area contributed by atoms with Crippen LogP contribution < -0.4 is 0 Å². The maximum atomic E-state index is 8.56. The Morgan fingerprint density at radius 3 is 1.60 bits per heavy atom. The van der Waals surface area contributed by atoms with E-state index in [2.05, 4.69) is 39.3 Å². The molecule has 6 nitrogen and oxygen atoms in total. The lowest BCUT2D eigenvalue weighted by Gasteiger charge is -2.31. The topological polar surface area (TPSA) is 66.4 Å². The van der Waals surface area contributed by atoms with Crippen LogP contribution in [-0.4, -0.2) is 83.4 Å². The summed E-state index contributed by atoms with van der Waals surface area (Å²) in [6.07, 6.45) is 1.06. The van der Waals surface area contributed by atoms with E-state index in [0.29, 0.717) is 33.0 Å². The van der Waals surface area contributed by atoms with E-state index in [1.54, 1.807) is 0 Å². The third kappa shape index (κ3) is 20.6. The van der Waals surface area contributed by atoms with Crippen molar-refractivity contribution in [2.45, 2.75) is 57.7 Å². The van der Waals surface area contributed by atoms with Gasteiger partial charge in [-0.3, -0.25) is 0 Å². The molecule has 0 aromatic carbocycles. The first-order valence-corrected chi connectivity index (χ1v) is 18.0. The third-order valence-corrected chi connectivity index (χ3v) is 7.25. The van der Waals surface area contributed by atoms with E-state index in [0.717, 1.165) is 13.0 Å². The molecule has 0 aliphatic carbocycles. The summed E-state index contributed by atoms with van der Waals surface area (Å²) in [6.45, 7) is 16.8. The molecule has 0 aromatic heterocycles. The average Bonchev–Trinajstić information content (AvgIpc) is 2.45. The van der Waals surface area contributed by atoms with Crippen LogP contribution in [0.3, 0.4) is 0 Å². The van der Waals surface area contributed by atoms with Crippen molar-refractivity contribution in [2.75, 3.05) is 46.2 Å². The molecule has 1 N–H and O–H groups in total. The number of hydrogen-bond acceptors (Lipinski definition) is 6. The zero-order valence-corrected chi connectivity index (χ0v) is 20.6. The zero-order valence-electron chi connectivity index (χ0n) is 17.1. The summed E-state index contributed by atoms with van der Waals surface area (Å²) in [5.74, 6) is 0.0700. The van der Waals surface area contributed by atoms with Gasteiger partial charge in [0.25, 0.3) is 0 Å². The van der Waals surface area contributed by atoms with E-state index in [9.17, 15) is 0 Å². The number of aliphatic hydroxyl groups is 1. The van der Waals surface area contributed by atoms with Gasteiger partial charge in [0.15, 0.2) is 16.6 Å². The van der Waals surface area contributed by atoms with Gasteiger partial charge in [0.1, 0.15) is 5.91 Å². The molecule has 0 saturated carbocycles. The Hall–Kier alpha value is 0.411. The Labute approximate surface area is 158 Å². The maximum absolute atomic E-state index is 8.56. The molecule has 0 aliphatic rings. The van der Waals surface area contributed by atoms with Gasteiger partial charge in [-0.15, -0.1) is 0 Å². The molecule has 0 spiro atoms. The predicted octanol–water partition coefficient (Wildman–Crippen LogP) is 1.99. The Morgan fingerprint density at radius 1 is 0.720 bits per heavy atom. The van der Waals surface area contributed by atoms with Gasteiger partial charge in [-0.05, 0) is 45.7 Å². The van der Waals surface area contributed by atoms with Crippen molar-refractivity contribution in [1.82, 2.24) is 0 Å². The smallest absolute Gasteiger partial charge is 0.186 e. The van der Waals surface area contributed by atoms with Crippen molar-refractivity contribution >= 4 is 26.2 Å². The molecule has 0 aliphatic heterocycles. The fourth-order valence-corrected chi connectivity index (χ4v) is 8.59. The number of aliphatic hydroxyl groups excluding tert-OH is 1. The molecule has 0 radical (unpaired) electrons. The highest BCUT2D eigenvalue weighted by molar-refractivity contribution is 6.71. The zero-order chi connectivity index (χ0) is 19.2. The second-order valence-corrected chi connectivity index (χ2v) is 18.8. The van der Waals surface area contributed by atoms with Gasteiger partial charge < -0.3 is 28.2 Å². The fraction of sp³-hybridized carbons (Fsp3) is 1.00. The Bertz CT molecular complexity index is 291. The molecule has 0 atom stereocenters. The van der Waals surface area contributed by atoms with E-state index in [4.69, 9.17) is 28.2 Å². The number of hydrogen-bond donors (Lipinski definition) is 1. The van der Waals surface area contributed by atoms with E-state index in [-0.39, 0.29) is 12.5 Å². The monoisotopic (exact) mass is 412 g/mol. The summed E-state index contributed by atoms with van der Waals surface area (Å²) >= 11 is 0. The summed E-state index contributed by atoms with van der Waals surface area (Å²) in [4.78, 5) is 0. The van der Waals surface area contributed by atoms with Crippen molar-refractivity contribution in [3.63, 3.8) is 0 Å². The number of ether oxygens (including phenoxy) is 3. The highest BCUT2D eigenvalue weighted by Gasteiger charge is 2.26. The number of rotatable bonds is 17. The van der Waals surface area contributed by atoms with Crippen molar-refractivity contribution in [3.05, 3.63) is 0 Å². The van der Waals surface area contributed by atoms with Crippen molar-refractivity contribution in [2.24, 2.45) is 0 Å². The van der Waals surface area contributed by atoms with E-state index in [1.165, 1.54) is 6.04 Å². The van der Waals surface area contributed by atoms with Crippen LogP contribution in [0.4, 0.5) is 0 Å². The molecule has 9 heteroatoms. The van der Waals surface area contributed by atoms with E-state index in [1.807, 2.05) is 0 Å². The molecule has 0 heterocycles. The van der Waals surface area contributed by atoms with Gasteiger partial charge in [-0.2, -0.15) is 0 Å². The van der Waals surface area contributed by atoms with Gasteiger partial charge in [0.2, 0.25) is 0 Å². The molecule has 25 heavy (non-hydrogen) atoms. The molecule has 0 aromatic rings. The van der Waals surface area contributed by atoms with Crippen molar-refractivity contribution in [3.8, 4) is 0 Å². The Morgan fingerprint density at radius 2 is 1.16 bits per heavy atom. The van der Waals surface area contributed by atoms with E-state index < -0.39 is 26.2 Å². The Kier molecular flexibility index (Phi) is 14.7. The first-order valence-electron chi connectivity index (χ1n) is 9.34. The molecule has 0 fully saturated rings. The summed E-state index contributed by atoms with van der Waals surface area (Å²) in [5.41, 5.74) is 0. The molecular weight excluding hydrogens is 372 g/mol. The normalized spacial score (nSPS) is 13.4. The van der Waals surface area contributed by atoms with Crippen LogP contribution in [-0.2, 0) is 23.1 Å². The predicted molar refractivity (Wildman–Crippen MR) is 110 cm³/mol. The fourth-order valence-electron chi connectivity index (χ4n) is 2.05. The van der Waals surface area contributed by atoms with Crippen LogP contribution in [0.15, 0.2) is 0 Å². The molecule has 152 valence electrons. The van der Waals surface area contributed by atoms with Crippen LogP contribution in [0.5, 0.6) is 0 Å². The minimum absolute atomic E-state index is 0.0548.